The Labute approximate surface area is 77.5 Å². The summed E-state index contributed by atoms with van der Waals surface area (Å²) in [6, 6.07) is 0. The SMILES string of the molecule is CC1OCc2[nH]c(C(C)(C)N)nc21. The van der Waals surface area contributed by atoms with Crippen LogP contribution in [-0.2, 0) is 16.9 Å². The highest BCUT2D eigenvalue weighted by Gasteiger charge is 2.27. The van der Waals surface area contributed by atoms with E-state index in [0.29, 0.717) is 6.61 Å². The van der Waals surface area contributed by atoms with E-state index in [0.717, 1.165) is 17.2 Å². The summed E-state index contributed by atoms with van der Waals surface area (Å²) in [6.07, 6.45) is 0.0994. The van der Waals surface area contributed by atoms with Gasteiger partial charge in [0.1, 0.15) is 5.82 Å². The molecule has 0 aliphatic carbocycles. The number of ether oxygens (including phenoxy) is 1. The molecule has 4 nitrogen and oxygen atoms in total. The summed E-state index contributed by atoms with van der Waals surface area (Å²) in [4.78, 5) is 7.64. The van der Waals surface area contributed by atoms with Gasteiger partial charge in [0.15, 0.2) is 0 Å². The molecule has 1 unspecified atom stereocenters. The van der Waals surface area contributed by atoms with E-state index in [-0.39, 0.29) is 6.10 Å². The molecule has 0 spiro atoms. The zero-order valence-electron chi connectivity index (χ0n) is 8.22. The fraction of sp³-hybridized carbons (Fsp3) is 0.667. The number of fused-ring (bicyclic) bond motifs is 1. The van der Waals surface area contributed by atoms with Crippen LogP contribution in [0.4, 0.5) is 0 Å². The summed E-state index contributed by atoms with van der Waals surface area (Å²) < 4.78 is 5.40. The number of rotatable bonds is 1. The molecular weight excluding hydrogens is 166 g/mol. The van der Waals surface area contributed by atoms with E-state index in [9.17, 15) is 0 Å². The number of hydrogen-bond donors (Lipinski definition) is 2. The van der Waals surface area contributed by atoms with E-state index in [4.69, 9.17) is 10.5 Å². The summed E-state index contributed by atoms with van der Waals surface area (Å²) in [5.74, 6) is 0.840. The van der Waals surface area contributed by atoms with Crippen LogP contribution in [0.1, 0.15) is 44.1 Å². The third kappa shape index (κ3) is 1.36. The molecule has 2 rings (SSSR count). The number of nitrogens with zero attached hydrogens (tertiary/aromatic N) is 1. The number of H-pyrrole nitrogens is 1. The Morgan fingerprint density at radius 1 is 1.62 bits per heavy atom. The second-order valence-corrected chi connectivity index (χ2v) is 4.12. The van der Waals surface area contributed by atoms with Crippen LogP contribution in [0.25, 0.3) is 0 Å². The van der Waals surface area contributed by atoms with Gasteiger partial charge >= 0.3 is 0 Å². The third-order valence-corrected chi connectivity index (χ3v) is 2.28. The zero-order chi connectivity index (χ0) is 9.64. The Kier molecular flexibility index (Phi) is 1.72. The molecule has 3 N–H and O–H groups in total. The van der Waals surface area contributed by atoms with Crippen molar-refractivity contribution in [2.45, 2.75) is 39.0 Å². The van der Waals surface area contributed by atoms with Gasteiger partial charge in [0.2, 0.25) is 0 Å². The van der Waals surface area contributed by atoms with E-state index in [1.54, 1.807) is 0 Å². The first-order valence-corrected chi connectivity index (χ1v) is 4.48. The maximum atomic E-state index is 5.93. The highest BCUT2D eigenvalue weighted by Crippen LogP contribution is 2.29. The van der Waals surface area contributed by atoms with Gasteiger partial charge in [0, 0.05) is 0 Å². The van der Waals surface area contributed by atoms with E-state index in [1.807, 2.05) is 20.8 Å². The molecule has 1 atom stereocenters. The predicted octanol–water partition coefficient (Wildman–Crippen LogP) is 1.19. The van der Waals surface area contributed by atoms with E-state index in [1.165, 1.54) is 0 Å². The minimum Gasteiger partial charge on any atom is -0.366 e. The Morgan fingerprint density at radius 3 is 2.85 bits per heavy atom. The Hall–Kier alpha value is -0.870. The molecule has 0 fully saturated rings. The maximum Gasteiger partial charge on any atom is 0.126 e. The molecule has 1 aromatic rings. The number of nitrogens with two attached hydrogens (primary N) is 1. The molecule has 1 aliphatic heterocycles. The number of aromatic nitrogens is 2. The maximum absolute atomic E-state index is 5.93. The van der Waals surface area contributed by atoms with Crippen molar-refractivity contribution in [3.8, 4) is 0 Å². The van der Waals surface area contributed by atoms with Crippen LogP contribution >= 0.6 is 0 Å². The van der Waals surface area contributed by atoms with E-state index in [2.05, 4.69) is 9.97 Å². The first-order chi connectivity index (χ1) is 5.98. The average Bonchev–Trinajstić information content (AvgIpc) is 2.51. The quantitative estimate of drug-likeness (QED) is 0.684. The van der Waals surface area contributed by atoms with Crippen molar-refractivity contribution in [3.05, 3.63) is 17.2 Å². The van der Waals surface area contributed by atoms with Crippen molar-refractivity contribution >= 4 is 0 Å². The molecular formula is C9H15N3O. The molecule has 72 valence electrons. The van der Waals surface area contributed by atoms with Crippen molar-refractivity contribution in [2.75, 3.05) is 0 Å². The van der Waals surface area contributed by atoms with Gasteiger partial charge in [-0.1, -0.05) is 0 Å². The summed E-state index contributed by atoms with van der Waals surface area (Å²) in [5, 5.41) is 0. The molecule has 2 heterocycles. The molecule has 0 saturated heterocycles. The topological polar surface area (TPSA) is 63.9 Å². The van der Waals surface area contributed by atoms with Crippen LogP contribution in [0.15, 0.2) is 0 Å². The molecule has 13 heavy (non-hydrogen) atoms. The smallest absolute Gasteiger partial charge is 0.126 e. The lowest BCUT2D eigenvalue weighted by Gasteiger charge is -2.15. The van der Waals surface area contributed by atoms with Crippen LogP contribution in [0.5, 0.6) is 0 Å². The van der Waals surface area contributed by atoms with Crippen LogP contribution < -0.4 is 5.73 Å². The zero-order valence-corrected chi connectivity index (χ0v) is 8.22. The number of hydrogen-bond acceptors (Lipinski definition) is 3. The lowest BCUT2D eigenvalue weighted by Crippen LogP contribution is -2.30. The van der Waals surface area contributed by atoms with Crippen molar-refractivity contribution < 1.29 is 4.74 Å². The van der Waals surface area contributed by atoms with Crippen molar-refractivity contribution in [2.24, 2.45) is 5.73 Å². The predicted molar refractivity (Wildman–Crippen MR) is 49.0 cm³/mol. The normalized spacial score (nSPS) is 22.0. The summed E-state index contributed by atoms with van der Waals surface area (Å²) in [7, 11) is 0. The first-order valence-electron chi connectivity index (χ1n) is 4.48. The van der Waals surface area contributed by atoms with Crippen molar-refractivity contribution in [3.63, 3.8) is 0 Å². The van der Waals surface area contributed by atoms with Crippen molar-refractivity contribution in [1.82, 2.24) is 9.97 Å². The van der Waals surface area contributed by atoms with Gasteiger partial charge in [-0.2, -0.15) is 0 Å². The Balaban J connectivity index is 2.40. The van der Waals surface area contributed by atoms with Crippen molar-refractivity contribution in [1.29, 1.82) is 0 Å². The standard InChI is InChI=1S/C9H15N3O/c1-5-7-6(4-13-5)11-8(12-7)9(2,3)10/h5H,4,10H2,1-3H3,(H,11,12). The van der Waals surface area contributed by atoms with Gasteiger partial charge in [-0.15, -0.1) is 0 Å². The minimum absolute atomic E-state index is 0.0994. The Bertz CT molecular complexity index is 324. The van der Waals surface area contributed by atoms with Gasteiger partial charge in [-0.05, 0) is 20.8 Å². The molecule has 1 aliphatic rings. The molecule has 0 amide bonds. The van der Waals surface area contributed by atoms with Gasteiger partial charge in [0.05, 0.1) is 29.6 Å². The van der Waals surface area contributed by atoms with Gasteiger partial charge in [-0.25, -0.2) is 4.98 Å². The van der Waals surface area contributed by atoms with Crippen LogP contribution in [0, 0.1) is 0 Å². The van der Waals surface area contributed by atoms with Gasteiger partial charge < -0.3 is 15.5 Å². The number of imidazole rings is 1. The van der Waals surface area contributed by atoms with Crippen LogP contribution in [-0.4, -0.2) is 9.97 Å². The second-order valence-electron chi connectivity index (χ2n) is 4.12. The number of nitrogens with one attached hydrogen (secondary N) is 1. The Morgan fingerprint density at radius 2 is 2.31 bits per heavy atom. The highest BCUT2D eigenvalue weighted by molar-refractivity contribution is 5.22. The summed E-state index contributed by atoms with van der Waals surface area (Å²) >= 11 is 0. The summed E-state index contributed by atoms with van der Waals surface area (Å²) in [6.45, 7) is 6.50. The fourth-order valence-corrected chi connectivity index (χ4v) is 1.46. The lowest BCUT2D eigenvalue weighted by atomic mass is 10.1. The fourth-order valence-electron chi connectivity index (χ4n) is 1.46. The van der Waals surface area contributed by atoms with E-state index < -0.39 is 5.54 Å². The second kappa shape index (κ2) is 2.56. The minimum atomic E-state index is -0.399. The van der Waals surface area contributed by atoms with Crippen LogP contribution in [0.2, 0.25) is 0 Å². The molecule has 0 radical (unpaired) electrons. The first kappa shape index (κ1) is 8.72. The van der Waals surface area contributed by atoms with Crippen LogP contribution in [0.3, 0.4) is 0 Å². The monoisotopic (exact) mass is 181 g/mol. The molecule has 0 saturated carbocycles. The van der Waals surface area contributed by atoms with Gasteiger partial charge in [-0.3, -0.25) is 0 Å². The molecule has 1 aromatic heterocycles. The highest BCUT2D eigenvalue weighted by atomic mass is 16.5. The third-order valence-electron chi connectivity index (χ3n) is 2.28. The molecule has 0 bridgehead atoms. The number of aromatic amines is 1. The summed E-state index contributed by atoms with van der Waals surface area (Å²) in [5.41, 5.74) is 7.61. The molecule has 0 aromatic carbocycles. The lowest BCUT2D eigenvalue weighted by molar-refractivity contribution is 0.0755. The largest absolute Gasteiger partial charge is 0.366 e. The van der Waals surface area contributed by atoms with E-state index >= 15 is 0 Å². The molecule has 4 heteroatoms. The van der Waals surface area contributed by atoms with Gasteiger partial charge in [0.25, 0.3) is 0 Å². The average molecular weight is 181 g/mol.